The lowest BCUT2D eigenvalue weighted by molar-refractivity contribution is 0.121. The van der Waals surface area contributed by atoms with Crippen LogP contribution in [0.4, 0.5) is 0 Å². The summed E-state index contributed by atoms with van der Waals surface area (Å²) < 4.78 is 10.7. The lowest BCUT2D eigenvalue weighted by Crippen LogP contribution is -2.29. The summed E-state index contributed by atoms with van der Waals surface area (Å²) in [5.74, 6) is 0.718. The van der Waals surface area contributed by atoms with Gasteiger partial charge in [-0.2, -0.15) is 0 Å². The molecule has 2 rings (SSSR count). The van der Waals surface area contributed by atoms with Crippen molar-refractivity contribution in [1.29, 1.82) is 0 Å². The molecule has 0 saturated heterocycles. The van der Waals surface area contributed by atoms with E-state index in [0.29, 0.717) is 13.2 Å². The van der Waals surface area contributed by atoms with Crippen molar-refractivity contribution in [3.63, 3.8) is 0 Å². The third-order valence-corrected chi connectivity index (χ3v) is 2.37. The second-order valence-electron chi connectivity index (χ2n) is 4.00. The minimum Gasteiger partial charge on any atom is -0.475 e. The molecule has 1 aliphatic heterocycles. The van der Waals surface area contributed by atoms with Gasteiger partial charge in [-0.05, 0) is 19.1 Å². The van der Waals surface area contributed by atoms with Crippen molar-refractivity contribution in [2.24, 2.45) is 4.99 Å². The van der Waals surface area contributed by atoms with Crippen molar-refractivity contribution in [3.8, 4) is 0 Å². The molecule has 0 radical (unpaired) electrons. The Bertz CT molecular complexity index is 361. The zero-order valence-electron chi connectivity index (χ0n) is 9.06. The summed E-state index contributed by atoms with van der Waals surface area (Å²) in [4.78, 5) is 4.55. The Kier molecular flexibility index (Phi) is 2.73. The molecule has 15 heavy (non-hydrogen) atoms. The van der Waals surface area contributed by atoms with Crippen LogP contribution in [0.1, 0.15) is 12.5 Å². The first kappa shape index (κ1) is 10.2. The summed E-state index contributed by atoms with van der Waals surface area (Å²) >= 11 is 0. The molecule has 0 bridgehead atoms. The Morgan fingerprint density at radius 3 is 2.80 bits per heavy atom. The first-order valence-corrected chi connectivity index (χ1v) is 5.00. The Morgan fingerprint density at radius 2 is 2.13 bits per heavy atom. The van der Waals surface area contributed by atoms with Crippen LogP contribution in [-0.4, -0.2) is 31.8 Å². The topological polar surface area (TPSA) is 30.8 Å². The van der Waals surface area contributed by atoms with Gasteiger partial charge in [0.2, 0.25) is 5.90 Å². The molecule has 3 nitrogen and oxygen atoms in total. The highest BCUT2D eigenvalue weighted by molar-refractivity contribution is 5.95. The third kappa shape index (κ3) is 2.18. The molecular formula is C12H15NO2. The molecule has 0 aromatic heterocycles. The molecule has 0 saturated carbocycles. The highest BCUT2D eigenvalue weighted by atomic mass is 16.5. The van der Waals surface area contributed by atoms with E-state index in [2.05, 4.69) is 4.99 Å². The number of benzene rings is 1. The van der Waals surface area contributed by atoms with Crippen molar-refractivity contribution in [1.82, 2.24) is 0 Å². The average Bonchev–Trinajstić information content (AvgIpc) is 2.63. The van der Waals surface area contributed by atoms with E-state index < -0.39 is 0 Å². The minimum atomic E-state index is -0.236. The summed E-state index contributed by atoms with van der Waals surface area (Å²) in [6, 6.07) is 9.93. The smallest absolute Gasteiger partial charge is 0.216 e. The summed E-state index contributed by atoms with van der Waals surface area (Å²) in [5.41, 5.74) is 0.789. The molecule has 0 N–H and O–H groups in total. The number of nitrogens with zero attached hydrogens (tertiary/aromatic N) is 1. The number of aliphatic imine (C=N–C) groups is 1. The van der Waals surface area contributed by atoms with E-state index >= 15 is 0 Å². The monoisotopic (exact) mass is 205 g/mol. The van der Waals surface area contributed by atoms with Crippen LogP contribution in [0.3, 0.4) is 0 Å². The number of hydrogen-bond donors (Lipinski definition) is 0. The van der Waals surface area contributed by atoms with Crippen LogP contribution in [0.2, 0.25) is 0 Å². The predicted octanol–water partition coefficient (Wildman–Crippen LogP) is 1.87. The van der Waals surface area contributed by atoms with Crippen molar-refractivity contribution < 1.29 is 9.47 Å². The number of rotatable bonds is 3. The molecule has 0 aliphatic carbocycles. The lowest BCUT2D eigenvalue weighted by Gasteiger charge is -2.15. The van der Waals surface area contributed by atoms with Crippen LogP contribution in [0.15, 0.2) is 35.3 Å². The van der Waals surface area contributed by atoms with Gasteiger partial charge in [0.05, 0.1) is 6.61 Å². The second-order valence-corrected chi connectivity index (χ2v) is 4.00. The molecule has 1 unspecified atom stereocenters. The van der Waals surface area contributed by atoms with Gasteiger partial charge >= 0.3 is 0 Å². The number of hydrogen-bond acceptors (Lipinski definition) is 3. The fourth-order valence-corrected chi connectivity index (χ4v) is 1.65. The maximum atomic E-state index is 5.58. The fraction of sp³-hybridized carbons (Fsp3) is 0.417. The summed E-state index contributed by atoms with van der Waals surface area (Å²) in [5, 5.41) is 0. The highest BCUT2D eigenvalue weighted by Crippen LogP contribution is 2.21. The molecule has 0 amide bonds. The average molecular weight is 205 g/mol. The Balaban J connectivity index is 2.20. The molecule has 1 atom stereocenters. The van der Waals surface area contributed by atoms with Gasteiger partial charge in [-0.15, -0.1) is 0 Å². The van der Waals surface area contributed by atoms with Crippen LogP contribution in [0.5, 0.6) is 0 Å². The molecule has 0 fully saturated rings. The first-order chi connectivity index (χ1) is 7.23. The van der Waals surface area contributed by atoms with E-state index in [0.717, 1.165) is 11.5 Å². The molecule has 3 heteroatoms. The molecule has 0 spiro atoms. The molecule has 1 aromatic rings. The SMILES string of the molecule is COCC1(C)COC(c2ccccc2)=N1. The second kappa shape index (κ2) is 4.03. The Morgan fingerprint density at radius 1 is 1.40 bits per heavy atom. The van der Waals surface area contributed by atoms with Crippen LogP contribution in [0, 0.1) is 0 Å². The molecule has 1 heterocycles. The van der Waals surface area contributed by atoms with E-state index in [-0.39, 0.29) is 5.54 Å². The summed E-state index contributed by atoms with van der Waals surface area (Å²) in [6.07, 6.45) is 0. The Hall–Kier alpha value is -1.35. The lowest BCUT2D eigenvalue weighted by atomic mass is 10.1. The number of methoxy groups -OCH3 is 1. The number of ether oxygens (including phenoxy) is 2. The zero-order chi connectivity index (χ0) is 10.7. The van der Waals surface area contributed by atoms with Crippen molar-refractivity contribution in [2.45, 2.75) is 12.5 Å². The first-order valence-electron chi connectivity index (χ1n) is 5.00. The minimum absolute atomic E-state index is 0.236. The van der Waals surface area contributed by atoms with Crippen LogP contribution < -0.4 is 0 Å². The molecule has 80 valence electrons. The molecule has 1 aromatic carbocycles. The van der Waals surface area contributed by atoms with E-state index in [1.165, 1.54) is 0 Å². The van der Waals surface area contributed by atoms with Gasteiger partial charge in [0, 0.05) is 12.7 Å². The maximum absolute atomic E-state index is 5.58. The van der Waals surface area contributed by atoms with Gasteiger partial charge in [0.25, 0.3) is 0 Å². The third-order valence-electron chi connectivity index (χ3n) is 2.37. The molecule has 1 aliphatic rings. The van der Waals surface area contributed by atoms with Gasteiger partial charge in [-0.1, -0.05) is 18.2 Å². The van der Waals surface area contributed by atoms with E-state index in [4.69, 9.17) is 9.47 Å². The maximum Gasteiger partial charge on any atom is 0.216 e. The van der Waals surface area contributed by atoms with E-state index in [9.17, 15) is 0 Å². The van der Waals surface area contributed by atoms with Gasteiger partial charge in [-0.3, -0.25) is 0 Å². The van der Waals surface area contributed by atoms with Gasteiger partial charge in [0.15, 0.2) is 0 Å². The van der Waals surface area contributed by atoms with Gasteiger partial charge in [-0.25, -0.2) is 4.99 Å². The van der Waals surface area contributed by atoms with Crippen molar-refractivity contribution >= 4 is 5.90 Å². The van der Waals surface area contributed by atoms with Gasteiger partial charge in [0.1, 0.15) is 12.1 Å². The van der Waals surface area contributed by atoms with Crippen LogP contribution in [0.25, 0.3) is 0 Å². The largest absolute Gasteiger partial charge is 0.475 e. The Labute approximate surface area is 89.7 Å². The van der Waals surface area contributed by atoms with E-state index in [1.807, 2.05) is 37.3 Å². The van der Waals surface area contributed by atoms with Crippen molar-refractivity contribution in [3.05, 3.63) is 35.9 Å². The fourth-order valence-electron chi connectivity index (χ4n) is 1.65. The standard InChI is InChI=1S/C12H15NO2/c1-12(8-14-2)9-15-11(13-12)10-6-4-3-5-7-10/h3-7H,8-9H2,1-2H3. The van der Waals surface area contributed by atoms with Crippen molar-refractivity contribution in [2.75, 3.05) is 20.3 Å². The van der Waals surface area contributed by atoms with Gasteiger partial charge < -0.3 is 9.47 Å². The molecular weight excluding hydrogens is 190 g/mol. The van der Waals surface area contributed by atoms with Crippen LogP contribution >= 0.6 is 0 Å². The quantitative estimate of drug-likeness (QED) is 0.754. The highest BCUT2D eigenvalue weighted by Gasteiger charge is 2.32. The van der Waals surface area contributed by atoms with Crippen LogP contribution in [-0.2, 0) is 9.47 Å². The normalized spacial score (nSPS) is 24.8. The predicted molar refractivity (Wildman–Crippen MR) is 59.2 cm³/mol. The summed E-state index contributed by atoms with van der Waals surface area (Å²) in [7, 11) is 1.68. The summed E-state index contributed by atoms with van der Waals surface area (Å²) in [6.45, 7) is 3.21. The zero-order valence-corrected chi connectivity index (χ0v) is 9.06. The van der Waals surface area contributed by atoms with E-state index in [1.54, 1.807) is 7.11 Å².